The maximum Gasteiger partial charge on any atom is 0.131 e. The van der Waals surface area contributed by atoms with Gasteiger partial charge >= 0.3 is 0 Å². The molecule has 0 aliphatic carbocycles. The quantitative estimate of drug-likeness (QED) is 0.410. The molecule has 0 radical (unpaired) electrons. The van der Waals surface area contributed by atoms with Crippen molar-refractivity contribution in [2.24, 2.45) is 0 Å². The fourth-order valence-electron chi connectivity index (χ4n) is 3.29. The number of benzene rings is 2. The summed E-state index contributed by atoms with van der Waals surface area (Å²) >= 11 is 0. The molecule has 0 aliphatic rings. The molecule has 160 valence electrons. The molecule has 4 heteroatoms. The van der Waals surface area contributed by atoms with E-state index >= 15 is 0 Å². The van der Waals surface area contributed by atoms with Crippen molar-refractivity contribution in [3.05, 3.63) is 58.7 Å². The van der Waals surface area contributed by atoms with E-state index in [1.165, 1.54) is 5.56 Å². The normalized spacial score (nSPS) is 14.3. The Labute approximate surface area is 176 Å². The van der Waals surface area contributed by atoms with Gasteiger partial charge in [0, 0.05) is 25.3 Å². The molecule has 29 heavy (non-hydrogen) atoms. The second-order valence-corrected chi connectivity index (χ2v) is 7.60. The van der Waals surface area contributed by atoms with E-state index in [0.29, 0.717) is 19.1 Å². The lowest BCUT2D eigenvalue weighted by Crippen LogP contribution is -2.14. The maximum atomic E-state index is 6.19. The molecule has 0 aliphatic heterocycles. The highest BCUT2D eigenvalue weighted by Gasteiger charge is 2.20. The molecule has 2 aromatic carbocycles. The lowest BCUT2D eigenvalue weighted by molar-refractivity contribution is 0.105. The molecule has 3 unspecified atom stereocenters. The van der Waals surface area contributed by atoms with Crippen molar-refractivity contribution in [2.75, 3.05) is 27.4 Å². The summed E-state index contributed by atoms with van der Waals surface area (Å²) in [6.45, 7) is 11.5. The first-order valence-corrected chi connectivity index (χ1v) is 10.5. The van der Waals surface area contributed by atoms with Crippen LogP contribution in [0.1, 0.15) is 74.5 Å². The molecule has 0 aromatic heterocycles. The number of rotatable bonds is 11. The summed E-state index contributed by atoms with van der Waals surface area (Å²) in [6.07, 6.45) is 0.998. The van der Waals surface area contributed by atoms with Crippen LogP contribution in [0.25, 0.3) is 0 Å². The van der Waals surface area contributed by atoms with Crippen molar-refractivity contribution in [1.29, 1.82) is 0 Å². The van der Waals surface area contributed by atoms with E-state index in [9.17, 15) is 0 Å². The maximum absolute atomic E-state index is 6.19. The van der Waals surface area contributed by atoms with E-state index in [-0.39, 0.29) is 12.2 Å². The van der Waals surface area contributed by atoms with E-state index < -0.39 is 0 Å². The minimum absolute atomic E-state index is 0.0678. The Bertz CT molecular complexity index is 723. The Morgan fingerprint density at radius 1 is 0.793 bits per heavy atom. The molecule has 2 rings (SSSR count). The van der Waals surface area contributed by atoms with Crippen molar-refractivity contribution in [3.8, 4) is 11.5 Å². The number of hydrogen-bond donors (Lipinski definition) is 0. The third-order valence-corrected chi connectivity index (χ3v) is 5.53. The number of hydrogen-bond acceptors (Lipinski definition) is 4. The van der Waals surface area contributed by atoms with Gasteiger partial charge in [-0.05, 0) is 62.9 Å². The van der Waals surface area contributed by atoms with Crippen molar-refractivity contribution >= 4 is 0 Å². The molecule has 0 amide bonds. The van der Waals surface area contributed by atoms with Crippen LogP contribution in [0.3, 0.4) is 0 Å². The first-order valence-electron chi connectivity index (χ1n) is 10.5. The molecule has 0 fully saturated rings. The molecular weight excluding hydrogens is 364 g/mol. The fraction of sp³-hybridized carbons (Fsp3) is 0.520. The van der Waals surface area contributed by atoms with Gasteiger partial charge in [0.05, 0.1) is 12.2 Å². The van der Waals surface area contributed by atoms with E-state index in [2.05, 4.69) is 45.0 Å². The van der Waals surface area contributed by atoms with Crippen molar-refractivity contribution in [1.82, 2.24) is 0 Å². The van der Waals surface area contributed by atoms with Gasteiger partial charge in [-0.3, -0.25) is 0 Å². The molecule has 0 heterocycles. The van der Waals surface area contributed by atoms with Crippen LogP contribution in [0.4, 0.5) is 0 Å². The monoisotopic (exact) mass is 400 g/mol. The highest BCUT2D eigenvalue weighted by Crippen LogP contribution is 2.36. The van der Waals surface area contributed by atoms with Gasteiger partial charge in [-0.1, -0.05) is 31.5 Å². The van der Waals surface area contributed by atoms with Gasteiger partial charge in [0.25, 0.3) is 0 Å². The first-order chi connectivity index (χ1) is 13.9. The molecule has 0 saturated heterocycles. The van der Waals surface area contributed by atoms with Crippen LogP contribution in [0.15, 0.2) is 36.4 Å². The van der Waals surface area contributed by atoms with Crippen LogP contribution >= 0.6 is 0 Å². The van der Waals surface area contributed by atoms with E-state index in [0.717, 1.165) is 34.6 Å². The first kappa shape index (κ1) is 23.2. The number of aryl methyl sites for hydroxylation is 1. The van der Waals surface area contributed by atoms with Gasteiger partial charge < -0.3 is 18.9 Å². The second kappa shape index (κ2) is 11.2. The van der Waals surface area contributed by atoms with Gasteiger partial charge in [-0.2, -0.15) is 0 Å². The molecule has 0 bridgehead atoms. The average Bonchev–Trinajstić information content (AvgIpc) is 2.75. The predicted octanol–water partition coefficient (Wildman–Crippen LogP) is 6.38. The van der Waals surface area contributed by atoms with Gasteiger partial charge in [0.15, 0.2) is 0 Å². The summed E-state index contributed by atoms with van der Waals surface area (Å²) in [5.74, 6) is 2.26. The summed E-state index contributed by atoms with van der Waals surface area (Å²) in [5.41, 5.74) is 4.56. The number of ether oxygens (including phenoxy) is 4. The third kappa shape index (κ3) is 6.22. The summed E-state index contributed by atoms with van der Waals surface area (Å²) in [7, 11) is 3.42. The lowest BCUT2D eigenvalue weighted by Gasteiger charge is -2.23. The highest BCUT2D eigenvalue weighted by atomic mass is 16.5. The molecule has 0 spiro atoms. The number of methoxy groups -OCH3 is 2. The Hall–Kier alpha value is -2.04. The minimum atomic E-state index is -0.0678. The van der Waals surface area contributed by atoms with Crippen molar-refractivity contribution in [2.45, 2.75) is 59.2 Å². The van der Waals surface area contributed by atoms with Gasteiger partial charge in [0.1, 0.15) is 24.7 Å². The Morgan fingerprint density at radius 2 is 1.31 bits per heavy atom. The zero-order chi connectivity index (χ0) is 21.4. The van der Waals surface area contributed by atoms with E-state index in [1.54, 1.807) is 14.2 Å². The molecule has 0 N–H and O–H groups in total. The molecule has 2 aromatic rings. The van der Waals surface area contributed by atoms with Crippen LogP contribution in [0, 0.1) is 6.92 Å². The van der Waals surface area contributed by atoms with Crippen LogP contribution in [0.5, 0.6) is 11.5 Å². The van der Waals surface area contributed by atoms with Crippen molar-refractivity contribution in [3.63, 3.8) is 0 Å². The topological polar surface area (TPSA) is 36.9 Å². The minimum Gasteiger partial charge on any atom is -0.490 e. The Balaban J connectivity index is 2.07. The van der Waals surface area contributed by atoms with E-state index in [4.69, 9.17) is 18.9 Å². The smallest absolute Gasteiger partial charge is 0.131 e. The van der Waals surface area contributed by atoms with Gasteiger partial charge in [-0.25, -0.2) is 0 Å². The molecule has 4 nitrogen and oxygen atoms in total. The van der Waals surface area contributed by atoms with Crippen LogP contribution in [-0.4, -0.2) is 27.4 Å². The largest absolute Gasteiger partial charge is 0.490 e. The van der Waals surface area contributed by atoms with E-state index in [1.807, 2.05) is 26.0 Å². The molecular formula is C25H36O4. The Kier molecular flexibility index (Phi) is 8.99. The van der Waals surface area contributed by atoms with Gasteiger partial charge in [0.2, 0.25) is 0 Å². The predicted molar refractivity (Wildman–Crippen MR) is 118 cm³/mol. The second-order valence-electron chi connectivity index (χ2n) is 7.60. The zero-order valence-electron chi connectivity index (χ0n) is 19.0. The lowest BCUT2D eigenvalue weighted by atomic mass is 9.98. The SMILES string of the molecule is CCC(C)c1ccc(OCCOc2c(C(C)OC)cc(C)cc2C(C)OC)cc1. The van der Waals surface area contributed by atoms with Crippen LogP contribution in [0.2, 0.25) is 0 Å². The summed E-state index contributed by atoms with van der Waals surface area (Å²) in [6, 6.07) is 12.6. The summed E-state index contributed by atoms with van der Waals surface area (Å²) < 4.78 is 23.2. The zero-order valence-corrected chi connectivity index (χ0v) is 19.0. The van der Waals surface area contributed by atoms with Crippen LogP contribution < -0.4 is 9.47 Å². The standard InChI is InChI=1S/C25H36O4/c1-8-18(3)21-9-11-22(12-10-21)28-13-14-29-25-23(19(4)26-6)15-17(2)16-24(25)20(5)27-7/h9-12,15-16,18-20H,8,13-14H2,1-7H3. The highest BCUT2D eigenvalue weighted by molar-refractivity contribution is 5.47. The Morgan fingerprint density at radius 3 is 1.79 bits per heavy atom. The fourth-order valence-corrected chi connectivity index (χ4v) is 3.29. The molecule has 3 atom stereocenters. The van der Waals surface area contributed by atoms with Crippen LogP contribution in [-0.2, 0) is 9.47 Å². The summed E-state index contributed by atoms with van der Waals surface area (Å²) in [4.78, 5) is 0. The summed E-state index contributed by atoms with van der Waals surface area (Å²) in [5, 5.41) is 0. The van der Waals surface area contributed by atoms with Gasteiger partial charge in [-0.15, -0.1) is 0 Å². The molecule has 0 saturated carbocycles. The third-order valence-electron chi connectivity index (χ3n) is 5.53. The van der Waals surface area contributed by atoms with Crippen molar-refractivity contribution < 1.29 is 18.9 Å². The average molecular weight is 401 g/mol.